The average Bonchev–Trinajstić information content (AvgIpc) is 2.87. The predicted molar refractivity (Wildman–Crippen MR) is 96.7 cm³/mol. The zero-order valence-corrected chi connectivity index (χ0v) is 15.3. The number of carboxylic acids is 1. The Morgan fingerprint density at radius 3 is 2.92 bits per heavy atom. The molecule has 25 heavy (non-hydrogen) atoms. The van der Waals surface area contributed by atoms with Crippen molar-refractivity contribution in [3.05, 3.63) is 22.8 Å². The number of hydrogen-bond acceptors (Lipinski definition) is 2. The minimum atomic E-state index is -0.734. The van der Waals surface area contributed by atoms with Crippen molar-refractivity contribution in [2.45, 2.75) is 77.6 Å². The van der Waals surface area contributed by atoms with Crippen molar-refractivity contribution < 1.29 is 9.90 Å². The molecule has 0 heterocycles. The van der Waals surface area contributed by atoms with Crippen molar-refractivity contribution in [1.82, 2.24) is 0 Å². The van der Waals surface area contributed by atoms with Crippen molar-refractivity contribution in [1.29, 1.82) is 5.26 Å². The summed E-state index contributed by atoms with van der Waals surface area (Å²) in [6.07, 6.45) is 13.5. The van der Waals surface area contributed by atoms with Crippen LogP contribution < -0.4 is 0 Å². The third-order valence-corrected chi connectivity index (χ3v) is 8.24. The molecule has 0 amide bonds. The van der Waals surface area contributed by atoms with E-state index in [-0.39, 0.29) is 17.3 Å². The second-order valence-corrected chi connectivity index (χ2v) is 9.02. The van der Waals surface area contributed by atoms with E-state index in [2.05, 4.69) is 19.1 Å². The fraction of sp³-hybridized carbons (Fsp3) is 0.727. The van der Waals surface area contributed by atoms with Crippen molar-refractivity contribution >= 4 is 5.97 Å². The van der Waals surface area contributed by atoms with Gasteiger partial charge in [-0.05, 0) is 91.6 Å². The highest BCUT2D eigenvalue weighted by Gasteiger charge is 2.61. The number of nitrogens with zero attached hydrogens (tertiary/aromatic N) is 1. The van der Waals surface area contributed by atoms with Gasteiger partial charge in [-0.2, -0.15) is 5.26 Å². The summed E-state index contributed by atoms with van der Waals surface area (Å²) < 4.78 is 0. The third-order valence-electron chi connectivity index (χ3n) is 8.24. The average molecular weight is 339 g/mol. The van der Waals surface area contributed by atoms with Crippen LogP contribution >= 0.6 is 0 Å². The largest absolute Gasteiger partial charge is 0.481 e. The molecule has 4 atom stereocenters. The van der Waals surface area contributed by atoms with Crippen LogP contribution in [0.25, 0.3) is 0 Å². The van der Waals surface area contributed by atoms with E-state index >= 15 is 0 Å². The lowest BCUT2D eigenvalue weighted by molar-refractivity contribution is -0.143. The molecule has 4 aliphatic rings. The molecule has 2 saturated carbocycles. The summed E-state index contributed by atoms with van der Waals surface area (Å²) in [6, 6.07) is 2.35. The quantitative estimate of drug-likeness (QED) is 0.750. The first-order valence-electron chi connectivity index (χ1n) is 10.0. The lowest BCUT2D eigenvalue weighted by atomic mass is 9.51. The molecule has 0 aromatic carbocycles. The van der Waals surface area contributed by atoms with Gasteiger partial charge in [0.05, 0.1) is 12.5 Å². The van der Waals surface area contributed by atoms with Gasteiger partial charge in [0.15, 0.2) is 0 Å². The summed E-state index contributed by atoms with van der Waals surface area (Å²) in [5.74, 6) is 0.473. The molecule has 2 fully saturated rings. The Bertz CT molecular complexity index is 697. The summed E-state index contributed by atoms with van der Waals surface area (Å²) in [7, 11) is 0. The van der Waals surface area contributed by atoms with Crippen molar-refractivity contribution in [3.8, 4) is 6.07 Å². The number of nitriles is 1. The molecule has 0 saturated heterocycles. The van der Waals surface area contributed by atoms with Crippen LogP contribution in [0.4, 0.5) is 0 Å². The molecule has 1 N–H and O–H groups in total. The monoisotopic (exact) mass is 339 g/mol. The molecule has 0 radical (unpaired) electrons. The first-order valence-corrected chi connectivity index (χ1v) is 10.0. The van der Waals surface area contributed by atoms with Gasteiger partial charge in [0.1, 0.15) is 0 Å². The molecule has 0 aromatic heterocycles. The number of rotatable bonds is 3. The number of fused-ring (bicyclic) bond motifs is 4. The molecular formula is C22H29NO2. The summed E-state index contributed by atoms with van der Waals surface area (Å²) in [6.45, 7) is 2.32. The zero-order valence-electron chi connectivity index (χ0n) is 15.3. The highest BCUT2D eigenvalue weighted by Crippen LogP contribution is 2.68. The van der Waals surface area contributed by atoms with Crippen LogP contribution in [-0.2, 0) is 4.79 Å². The number of carboxylic acid groups (broad SMARTS) is 1. The lowest BCUT2D eigenvalue weighted by Gasteiger charge is -2.53. The standard InChI is InChI=1S/C22H29NO2/c1-21-10-8-17-16-5-3-2-4-15(16)6-7-18(17)19(21)9-11-22(21,12-13-23)14-20(24)25/h4,18-19H,2-3,5-12,14H2,1H3,(H,24,25)/t18-,19+,21+,22+/m1/s1. The molecule has 0 spiro atoms. The van der Waals surface area contributed by atoms with Crippen molar-refractivity contribution in [2.75, 3.05) is 0 Å². The smallest absolute Gasteiger partial charge is 0.303 e. The number of aliphatic carboxylic acids is 1. The Morgan fingerprint density at radius 1 is 1.32 bits per heavy atom. The van der Waals surface area contributed by atoms with Crippen LogP contribution in [0.15, 0.2) is 22.8 Å². The number of carbonyl (C=O) groups is 1. The van der Waals surface area contributed by atoms with Gasteiger partial charge in [0.25, 0.3) is 0 Å². The van der Waals surface area contributed by atoms with Gasteiger partial charge < -0.3 is 5.11 Å². The predicted octanol–water partition coefficient (Wildman–Crippen LogP) is 5.39. The molecule has 0 bridgehead atoms. The van der Waals surface area contributed by atoms with Crippen LogP contribution in [0.2, 0.25) is 0 Å². The number of hydrogen-bond donors (Lipinski definition) is 1. The molecule has 0 aromatic rings. The summed E-state index contributed by atoms with van der Waals surface area (Å²) >= 11 is 0. The number of allylic oxidation sites excluding steroid dienone is 4. The van der Waals surface area contributed by atoms with E-state index in [9.17, 15) is 15.2 Å². The minimum absolute atomic E-state index is 0.00569. The van der Waals surface area contributed by atoms with Crippen LogP contribution in [0.5, 0.6) is 0 Å². The van der Waals surface area contributed by atoms with E-state index in [1.807, 2.05) is 0 Å². The highest BCUT2D eigenvalue weighted by molar-refractivity contribution is 5.68. The minimum Gasteiger partial charge on any atom is -0.481 e. The zero-order chi connectivity index (χ0) is 17.7. The molecule has 3 nitrogen and oxygen atoms in total. The topological polar surface area (TPSA) is 61.1 Å². The van der Waals surface area contributed by atoms with E-state index in [1.165, 1.54) is 32.1 Å². The van der Waals surface area contributed by atoms with Gasteiger partial charge in [0, 0.05) is 6.42 Å². The Hall–Kier alpha value is -1.56. The van der Waals surface area contributed by atoms with Crippen LogP contribution in [0.3, 0.4) is 0 Å². The van der Waals surface area contributed by atoms with Crippen molar-refractivity contribution in [3.63, 3.8) is 0 Å². The molecule has 3 heteroatoms. The third kappa shape index (κ3) is 2.40. The van der Waals surface area contributed by atoms with Gasteiger partial charge in [-0.25, -0.2) is 0 Å². The SMILES string of the molecule is C[C@]12CCC3=C4CCCC=C4CC[C@H]3[C@@H]1CC[C@]2(CC#N)CC(=O)O. The van der Waals surface area contributed by atoms with Gasteiger partial charge >= 0.3 is 5.97 Å². The van der Waals surface area contributed by atoms with Gasteiger partial charge in [-0.1, -0.05) is 18.6 Å². The van der Waals surface area contributed by atoms with Crippen LogP contribution in [0.1, 0.15) is 77.6 Å². The second kappa shape index (κ2) is 6.01. The summed E-state index contributed by atoms with van der Waals surface area (Å²) in [4.78, 5) is 11.6. The highest BCUT2D eigenvalue weighted by atomic mass is 16.4. The maximum atomic E-state index is 11.6. The molecule has 4 rings (SSSR count). The maximum Gasteiger partial charge on any atom is 0.303 e. The fourth-order valence-corrected chi connectivity index (χ4v) is 6.95. The van der Waals surface area contributed by atoms with Gasteiger partial charge in [-0.15, -0.1) is 0 Å². The second-order valence-electron chi connectivity index (χ2n) is 9.02. The first kappa shape index (κ1) is 16.9. The molecule has 4 aliphatic carbocycles. The van der Waals surface area contributed by atoms with E-state index < -0.39 is 5.97 Å². The Kier molecular flexibility index (Phi) is 4.06. The van der Waals surface area contributed by atoms with Gasteiger partial charge in [0.2, 0.25) is 0 Å². The lowest BCUT2D eigenvalue weighted by Crippen LogP contribution is -2.46. The van der Waals surface area contributed by atoms with E-state index in [4.69, 9.17) is 0 Å². The Labute approximate surface area is 150 Å². The van der Waals surface area contributed by atoms with Crippen LogP contribution in [-0.4, -0.2) is 11.1 Å². The molecule has 0 aliphatic heterocycles. The molecule has 0 unspecified atom stereocenters. The summed E-state index contributed by atoms with van der Waals surface area (Å²) in [5, 5.41) is 19.0. The molecule has 134 valence electrons. The van der Waals surface area contributed by atoms with Crippen LogP contribution in [0, 0.1) is 34.0 Å². The molecular weight excluding hydrogens is 310 g/mol. The Morgan fingerprint density at radius 2 is 2.16 bits per heavy atom. The van der Waals surface area contributed by atoms with E-state index in [1.54, 1.807) is 16.7 Å². The normalized spacial score (nSPS) is 39.8. The first-order chi connectivity index (χ1) is 12.0. The summed E-state index contributed by atoms with van der Waals surface area (Å²) in [5.41, 5.74) is 4.68. The van der Waals surface area contributed by atoms with E-state index in [0.29, 0.717) is 18.3 Å². The fourth-order valence-electron chi connectivity index (χ4n) is 6.95. The van der Waals surface area contributed by atoms with Crippen molar-refractivity contribution in [2.24, 2.45) is 22.7 Å². The Balaban J connectivity index is 1.72. The van der Waals surface area contributed by atoms with E-state index in [0.717, 1.165) is 25.7 Å². The maximum absolute atomic E-state index is 11.6. The van der Waals surface area contributed by atoms with Gasteiger partial charge in [-0.3, -0.25) is 4.79 Å².